The van der Waals surface area contributed by atoms with Crippen molar-refractivity contribution in [3.8, 4) is 5.69 Å². The molecule has 1 aromatic heterocycles. The van der Waals surface area contributed by atoms with Crippen LogP contribution in [-0.4, -0.2) is 22.4 Å². The number of aromatic nitrogens is 1. The lowest BCUT2D eigenvalue weighted by molar-refractivity contribution is -0.118. The average molecular weight is 491 g/mol. The van der Waals surface area contributed by atoms with Crippen LogP contribution in [0, 0.1) is 13.8 Å². The van der Waals surface area contributed by atoms with Crippen molar-refractivity contribution in [2.45, 2.75) is 19.6 Å². The van der Waals surface area contributed by atoms with E-state index < -0.39 is 0 Å². The normalized spacial score (nSPS) is 11.2. The molecule has 0 aliphatic heterocycles. The Labute approximate surface area is 188 Å². The predicted octanol–water partition coefficient (Wildman–Crippen LogP) is 5.89. The third-order valence-corrected chi connectivity index (χ3v) is 6.30. The minimum atomic E-state index is -0.125. The Morgan fingerprint density at radius 1 is 1.21 bits per heavy atom. The molecule has 1 amide bonds. The van der Waals surface area contributed by atoms with Crippen LogP contribution < -0.4 is 5.43 Å². The van der Waals surface area contributed by atoms with Crippen molar-refractivity contribution in [3.63, 3.8) is 0 Å². The number of amides is 1. The number of carbonyl (C=O) groups is 1. The molecule has 7 heteroatoms. The van der Waals surface area contributed by atoms with Crippen molar-refractivity contribution < 1.29 is 4.79 Å². The number of hydrogen-bond donors (Lipinski definition) is 1. The minimum absolute atomic E-state index is 0.125. The highest BCUT2D eigenvalue weighted by molar-refractivity contribution is 9.10. The number of carbonyl (C=O) groups excluding carboxylic acids is 1. The quantitative estimate of drug-likeness (QED) is 0.331. The molecule has 0 radical (unpaired) electrons. The van der Waals surface area contributed by atoms with Gasteiger partial charge in [-0.1, -0.05) is 35.9 Å². The Hall–Kier alpha value is -2.02. The van der Waals surface area contributed by atoms with Crippen molar-refractivity contribution in [2.24, 2.45) is 5.10 Å². The zero-order valence-corrected chi connectivity index (χ0v) is 19.3. The lowest BCUT2D eigenvalue weighted by atomic mass is 10.2. The summed E-state index contributed by atoms with van der Waals surface area (Å²) < 4.78 is 3.19. The maximum absolute atomic E-state index is 12.0. The SMILES string of the molecule is Cc1cc(/C=N\NC(=O)CSCc2ccc(Cl)cc2)c(C)n1-c1ccccc1Br. The molecule has 0 saturated heterocycles. The van der Waals surface area contributed by atoms with Gasteiger partial charge in [-0.15, -0.1) is 11.8 Å². The smallest absolute Gasteiger partial charge is 0.250 e. The Morgan fingerprint density at radius 2 is 1.93 bits per heavy atom. The molecule has 1 N–H and O–H groups in total. The molecule has 0 spiro atoms. The number of para-hydroxylation sites is 1. The summed E-state index contributed by atoms with van der Waals surface area (Å²) in [6.07, 6.45) is 1.69. The summed E-state index contributed by atoms with van der Waals surface area (Å²) in [5.41, 5.74) is 7.93. The zero-order chi connectivity index (χ0) is 20.8. The van der Waals surface area contributed by atoms with Crippen LogP contribution in [0.5, 0.6) is 0 Å². The Bertz CT molecular complexity index is 1030. The van der Waals surface area contributed by atoms with Gasteiger partial charge in [-0.05, 0) is 65.7 Å². The summed E-state index contributed by atoms with van der Waals surface area (Å²) in [6.45, 7) is 4.09. The van der Waals surface area contributed by atoms with Crippen LogP contribution in [0.25, 0.3) is 5.69 Å². The first-order chi connectivity index (χ1) is 14.0. The van der Waals surface area contributed by atoms with Gasteiger partial charge in [0.15, 0.2) is 0 Å². The van der Waals surface area contributed by atoms with E-state index in [1.54, 1.807) is 6.21 Å². The first-order valence-electron chi connectivity index (χ1n) is 9.03. The topological polar surface area (TPSA) is 46.4 Å². The number of hydrogen-bond acceptors (Lipinski definition) is 3. The third-order valence-electron chi connectivity index (χ3n) is 4.37. The van der Waals surface area contributed by atoms with Crippen molar-refractivity contribution >= 4 is 51.4 Å². The summed E-state index contributed by atoms with van der Waals surface area (Å²) in [5.74, 6) is 0.969. The van der Waals surface area contributed by atoms with E-state index in [-0.39, 0.29) is 5.91 Å². The number of nitrogens with zero attached hydrogens (tertiary/aromatic N) is 2. The van der Waals surface area contributed by atoms with Gasteiger partial charge in [0.2, 0.25) is 5.91 Å². The third kappa shape index (κ3) is 5.75. The van der Waals surface area contributed by atoms with Gasteiger partial charge < -0.3 is 4.57 Å². The molecule has 0 fully saturated rings. The zero-order valence-electron chi connectivity index (χ0n) is 16.2. The van der Waals surface area contributed by atoms with Crippen LogP contribution in [0.4, 0.5) is 0 Å². The van der Waals surface area contributed by atoms with E-state index in [0.717, 1.165) is 38.4 Å². The van der Waals surface area contributed by atoms with E-state index >= 15 is 0 Å². The monoisotopic (exact) mass is 489 g/mol. The van der Waals surface area contributed by atoms with E-state index in [9.17, 15) is 4.79 Å². The van der Waals surface area contributed by atoms with Crippen LogP contribution >= 0.6 is 39.3 Å². The Balaban J connectivity index is 1.56. The summed E-state index contributed by atoms with van der Waals surface area (Å²) >= 11 is 11.0. The fourth-order valence-electron chi connectivity index (χ4n) is 2.97. The van der Waals surface area contributed by atoms with E-state index in [1.165, 1.54) is 11.8 Å². The molecule has 4 nitrogen and oxygen atoms in total. The number of thioether (sulfide) groups is 1. The summed E-state index contributed by atoms with van der Waals surface area (Å²) in [6, 6.07) is 17.8. The number of nitrogens with one attached hydrogen (secondary N) is 1. The Morgan fingerprint density at radius 3 is 2.66 bits per heavy atom. The minimum Gasteiger partial charge on any atom is -0.317 e. The second kappa shape index (κ2) is 10.1. The van der Waals surface area contributed by atoms with Gasteiger partial charge in [0.25, 0.3) is 0 Å². The van der Waals surface area contributed by atoms with Crippen LogP contribution in [0.15, 0.2) is 64.2 Å². The van der Waals surface area contributed by atoms with Crippen LogP contribution in [0.1, 0.15) is 22.5 Å². The molecular weight excluding hydrogens is 470 g/mol. The maximum Gasteiger partial charge on any atom is 0.250 e. The number of halogens is 2. The van der Waals surface area contributed by atoms with Gasteiger partial charge in [-0.25, -0.2) is 5.43 Å². The molecule has 0 saturated carbocycles. The molecule has 3 rings (SSSR count). The molecule has 0 atom stereocenters. The molecule has 29 heavy (non-hydrogen) atoms. The molecule has 2 aromatic carbocycles. The number of hydrazone groups is 1. The van der Waals surface area contributed by atoms with Gasteiger partial charge in [-0.2, -0.15) is 5.10 Å². The second-order valence-electron chi connectivity index (χ2n) is 6.53. The summed E-state index contributed by atoms with van der Waals surface area (Å²) in [4.78, 5) is 12.0. The van der Waals surface area contributed by atoms with E-state index in [1.807, 2.05) is 49.4 Å². The molecule has 1 heterocycles. The summed E-state index contributed by atoms with van der Waals surface area (Å²) in [7, 11) is 0. The molecule has 0 aliphatic carbocycles. The van der Waals surface area contributed by atoms with Gasteiger partial charge >= 0.3 is 0 Å². The number of rotatable bonds is 7. The van der Waals surface area contributed by atoms with Crippen LogP contribution in [-0.2, 0) is 10.5 Å². The molecule has 150 valence electrons. The highest BCUT2D eigenvalue weighted by atomic mass is 79.9. The predicted molar refractivity (Wildman–Crippen MR) is 126 cm³/mol. The van der Waals surface area contributed by atoms with Crippen molar-refractivity contribution in [1.82, 2.24) is 9.99 Å². The fraction of sp³-hybridized carbons (Fsp3) is 0.182. The number of aryl methyl sites for hydroxylation is 1. The first kappa shape index (κ1) is 21.7. The van der Waals surface area contributed by atoms with Crippen LogP contribution in [0.3, 0.4) is 0 Å². The lowest BCUT2D eigenvalue weighted by Crippen LogP contribution is -2.19. The average Bonchev–Trinajstić information content (AvgIpc) is 2.97. The molecular formula is C22H21BrClN3OS. The highest BCUT2D eigenvalue weighted by Gasteiger charge is 2.11. The van der Waals surface area contributed by atoms with Crippen molar-refractivity contribution in [3.05, 3.63) is 86.6 Å². The molecule has 0 aliphatic rings. The Kier molecular flexibility index (Phi) is 7.58. The standard InChI is InChI=1S/C22H21BrClN3OS/c1-15-11-18(16(2)27(15)21-6-4-3-5-20(21)23)12-25-26-22(28)14-29-13-17-7-9-19(24)10-8-17/h3-12H,13-14H2,1-2H3,(H,26,28)/b25-12-. The van der Waals surface area contributed by atoms with E-state index in [2.05, 4.69) is 50.1 Å². The van der Waals surface area contributed by atoms with Gasteiger partial charge in [-0.3, -0.25) is 4.79 Å². The van der Waals surface area contributed by atoms with Gasteiger partial charge in [0, 0.05) is 32.2 Å². The fourth-order valence-corrected chi connectivity index (χ4v) is 4.34. The summed E-state index contributed by atoms with van der Waals surface area (Å²) in [5, 5.41) is 4.84. The molecule has 3 aromatic rings. The largest absolute Gasteiger partial charge is 0.317 e. The molecule has 0 bridgehead atoms. The molecule has 0 unspecified atom stereocenters. The van der Waals surface area contributed by atoms with Crippen molar-refractivity contribution in [1.29, 1.82) is 0 Å². The van der Waals surface area contributed by atoms with Gasteiger partial charge in [0.05, 0.1) is 17.7 Å². The van der Waals surface area contributed by atoms with E-state index in [0.29, 0.717) is 10.8 Å². The first-order valence-corrected chi connectivity index (χ1v) is 11.4. The van der Waals surface area contributed by atoms with E-state index in [4.69, 9.17) is 11.6 Å². The highest BCUT2D eigenvalue weighted by Crippen LogP contribution is 2.26. The number of benzene rings is 2. The lowest BCUT2D eigenvalue weighted by Gasteiger charge is -2.11. The second-order valence-corrected chi connectivity index (χ2v) is 8.80. The maximum atomic E-state index is 12.0. The van der Waals surface area contributed by atoms with Gasteiger partial charge in [0.1, 0.15) is 0 Å². The van der Waals surface area contributed by atoms with Crippen LogP contribution in [0.2, 0.25) is 5.02 Å². The van der Waals surface area contributed by atoms with Crippen molar-refractivity contribution in [2.75, 3.05) is 5.75 Å².